The first-order chi connectivity index (χ1) is 13.0. The zero-order chi connectivity index (χ0) is 19.8. The predicted molar refractivity (Wildman–Crippen MR) is 105 cm³/mol. The molecule has 2 aliphatic carbocycles. The molecule has 0 aromatic carbocycles. The lowest BCUT2D eigenvalue weighted by Crippen LogP contribution is -2.38. The Kier molecular flexibility index (Phi) is 9.03. The highest BCUT2D eigenvalue weighted by atomic mass is 16.5. The quantitative estimate of drug-likeness (QED) is 0.483. The van der Waals surface area contributed by atoms with Crippen molar-refractivity contribution in [2.75, 3.05) is 52.5 Å². The summed E-state index contributed by atoms with van der Waals surface area (Å²) in [6.45, 7) is 14.5. The Morgan fingerprint density at radius 2 is 1.11 bits per heavy atom. The van der Waals surface area contributed by atoms with Crippen LogP contribution in [0.4, 0.5) is 0 Å². The van der Waals surface area contributed by atoms with Gasteiger partial charge in [0.15, 0.2) is 0 Å². The lowest BCUT2D eigenvalue weighted by molar-refractivity contribution is -0.163. The molecule has 2 aliphatic rings. The van der Waals surface area contributed by atoms with Gasteiger partial charge in [-0.3, -0.25) is 9.59 Å². The van der Waals surface area contributed by atoms with E-state index in [0.29, 0.717) is 13.2 Å². The lowest BCUT2D eigenvalue weighted by Gasteiger charge is -2.28. The minimum atomic E-state index is -0.304. The van der Waals surface area contributed by atoms with Gasteiger partial charge in [0, 0.05) is 13.1 Å². The highest BCUT2D eigenvalue weighted by molar-refractivity contribution is 5.83. The lowest BCUT2D eigenvalue weighted by atomic mass is 9.79. The van der Waals surface area contributed by atoms with Gasteiger partial charge in [-0.15, -0.1) is 0 Å². The number of esters is 2. The van der Waals surface area contributed by atoms with Crippen LogP contribution in [-0.2, 0) is 19.1 Å². The SMILES string of the molecule is CCN(CC)CCOC(=O)C1C2CCC(C2)C1C(=O)OCCN(CC)CC. The van der Waals surface area contributed by atoms with Crippen LogP contribution >= 0.6 is 0 Å². The van der Waals surface area contributed by atoms with Crippen LogP contribution in [-0.4, -0.2) is 74.2 Å². The van der Waals surface area contributed by atoms with Gasteiger partial charge < -0.3 is 19.3 Å². The Bertz CT molecular complexity index is 435. The van der Waals surface area contributed by atoms with Crippen molar-refractivity contribution in [3.63, 3.8) is 0 Å². The Morgan fingerprint density at radius 3 is 1.44 bits per heavy atom. The molecule has 27 heavy (non-hydrogen) atoms. The molecule has 0 heterocycles. The molecule has 0 aromatic heterocycles. The van der Waals surface area contributed by atoms with E-state index >= 15 is 0 Å². The van der Waals surface area contributed by atoms with Gasteiger partial charge in [0.25, 0.3) is 0 Å². The van der Waals surface area contributed by atoms with Gasteiger partial charge in [0.2, 0.25) is 0 Å². The smallest absolute Gasteiger partial charge is 0.310 e. The summed E-state index contributed by atoms with van der Waals surface area (Å²) in [5, 5.41) is 0. The first kappa shape index (κ1) is 22.2. The van der Waals surface area contributed by atoms with Crippen molar-refractivity contribution in [2.24, 2.45) is 23.7 Å². The van der Waals surface area contributed by atoms with Crippen molar-refractivity contribution in [1.82, 2.24) is 9.80 Å². The number of carbonyl (C=O) groups excluding carboxylic acids is 2. The zero-order valence-electron chi connectivity index (χ0n) is 17.6. The number of likely N-dealkylation sites (N-methyl/N-ethyl adjacent to an activating group) is 2. The molecule has 0 radical (unpaired) electrons. The third kappa shape index (κ3) is 5.67. The fraction of sp³-hybridized carbons (Fsp3) is 0.905. The van der Waals surface area contributed by atoms with Gasteiger partial charge in [-0.25, -0.2) is 0 Å². The van der Waals surface area contributed by atoms with Crippen molar-refractivity contribution < 1.29 is 19.1 Å². The summed E-state index contributed by atoms with van der Waals surface area (Å²) < 4.78 is 11.1. The molecule has 0 amide bonds. The Labute approximate surface area is 164 Å². The van der Waals surface area contributed by atoms with Crippen LogP contribution in [0.1, 0.15) is 47.0 Å². The fourth-order valence-electron chi connectivity index (χ4n) is 4.79. The third-order valence-electron chi connectivity index (χ3n) is 6.55. The minimum Gasteiger partial charge on any atom is -0.464 e. The first-order valence-corrected chi connectivity index (χ1v) is 10.8. The summed E-state index contributed by atoms with van der Waals surface area (Å²) in [5.74, 6) is -0.421. The number of hydrogen-bond donors (Lipinski definition) is 0. The van der Waals surface area contributed by atoms with E-state index in [1.165, 1.54) is 0 Å². The largest absolute Gasteiger partial charge is 0.464 e. The molecule has 4 atom stereocenters. The number of hydrogen-bond acceptors (Lipinski definition) is 6. The molecule has 156 valence electrons. The number of fused-ring (bicyclic) bond motifs is 2. The fourth-order valence-corrected chi connectivity index (χ4v) is 4.79. The van der Waals surface area contributed by atoms with E-state index in [9.17, 15) is 9.59 Å². The summed E-state index contributed by atoms with van der Waals surface area (Å²) >= 11 is 0. The normalized spacial score (nSPS) is 26.7. The number of carbonyl (C=O) groups is 2. The maximum absolute atomic E-state index is 12.7. The molecule has 0 N–H and O–H groups in total. The molecule has 2 fully saturated rings. The predicted octanol–water partition coefficient (Wildman–Crippen LogP) is 2.42. The van der Waals surface area contributed by atoms with Crippen molar-refractivity contribution in [2.45, 2.75) is 47.0 Å². The average molecular weight is 383 g/mol. The molecule has 6 heteroatoms. The van der Waals surface area contributed by atoms with E-state index in [2.05, 4.69) is 37.5 Å². The molecule has 0 aromatic rings. The molecule has 0 saturated heterocycles. The zero-order valence-corrected chi connectivity index (χ0v) is 17.6. The van der Waals surface area contributed by atoms with Gasteiger partial charge in [0.05, 0.1) is 11.8 Å². The second kappa shape index (κ2) is 11.0. The standard InChI is InChI=1S/C21H38N2O4/c1-5-22(6-2)11-13-26-20(24)18-16-9-10-17(15-16)19(18)21(25)27-14-12-23(7-3)8-4/h16-19H,5-15H2,1-4H3. The van der Waals surface area contributed by atoms with Crippen LogP contribution in [0.2, 0.25) is 0 Å². The highest BCUT2D eigenvalue weighted by Crippen LogP contribution is 2.53. The topological polar surface area (TPSA) is 59.1 Å². The number of ether oxygens (including phenoxy) is 2. The Hall–Kier alpha value is -1.14. The summed E-state index contributed by atoms with van der Waals surface area (Å²) in [4.78, 5) is 29.9. The van der Waals surface area contributed by atoms with E-state index in [-0.39, 0.29) is 35.6 Å². The summed E-state index contributed by atoms with van der Waals surface area (Å²) in [6.07, 6.45) is 3.03. The molecular weight excluding hydrogens is 344 g/mol. The first-order valence-electron chi connectivity index (χ1n) is 10.8. The van der Waals surface area contributed by atoms with Gasteiger partial charge >= 0.3 is 11.9 Å². The number of rotatable bonds is 12. The molecular formula is C21H38N2O4. The van der Waals surface area contributed by atoms with Crippen molar-refractivity contribution >= 4 is 11.9 Å². The second-order valence-corrected chi connectivity index (χ2v) is 7.77. The van der Waals surface area contributed by atoms with Crippen LogP contribution in [0.25, 0.3) is 0 Å². The van der Waals surface area contributed by atoms with Crippen LogP contribution in [0.5, 0.6) is 0 Å². The van der Waals surface area contributed by atoms with Crippen LogP contribution in [0, 0.1) is 23.7 Å². The molecule has 6 nitrogen and oxygen atoms in total. The third-order valence-corrected chi connectivity index (χ3v) is 6.55. The molecule has 0 aliphatic heterocycles. The van der Waals surface area contributed by atoms with Gasteiger partial charge in [-0.05, 0) is 57.3 Å². The monoisotopic (exact) mass is 382 g/mol. The van der Waals surface area contributed by atoms with Gasteiger partial charge in [0.1, 0.15) is 13.2 Å². The van der Waals surface area contributed by atoms with Gasteiger partial charge in [-0.2, -0.15) is 0 Å². The second-order valence-electron chi connectivity index (χ2n) is 7.77. The Morgan fingerprint density at radius 1 is 0.741 bits per heavy atom. The highest BCUT2D eigenvalue weighted by Gasteiger charge is 2.55. The molecule has 2 bridgehead atoms. The van der Waals surface area contributed by atoms with Crippen LogP contribution < -0.4 is 0 Å². The molecule has 2 saturated carbocycles. The minimum absolute atomic E-state index is 0.194. The molecule has 4 unspecified atom stereocenters. The van der Waals surface area contributed by atoms with E-state index in [1.807, 2.05) is 0 Å². The maximum Gasteiger partial charge on any atom is 0.310 e. The summed E-state index contributed by atoms with van der Waals surface area (Å²) in [5.41, 5.74) is 0. The average Bonchev–Trinajstić information content (AvgIpc) is 3.30. The molecule has 0 spiro atoms. The summed E-state index contributed by atoms with van der Waals surface area (Å²) in [6, 6.07) is 0. The number of nitrogens with zero attached hydrogens (tertiary/aromatic N) is 2. The molecule has 2 rings (SSSR count). The van der Waals surface area contributed by atoms with Crippen LogP contribution in [0.3, 0.4) is 0 Å². The van der Waals surface area contributed by atoms with Crippen LogP contribution in [0.15, 0.2) is 0 Å². The van der Waals surface area contributed by atoms with E-state index < -0.39 is 0 Å². The van der Waals surface area contributed by atoms with Crippen molar-refractivity contribution in [3.05, 3.63) is 0 Å². The maximum atomic E-state index is 12.7. The summed E-state index contributed by atoms with van der Waals surface area (Å²) in [7, 11) is 0. The van der Waals surface area contributed by atoms with E-state index in [1.54, 1.807) is 0 Å². The Balaban J connectivity index is 1.86. The van der Waals surface area contributed by atoms with Crippen molar-refractivity contribution in [1.29, 1.82) is 0 Å². The van der Waals surface area contributed by atoms with E-state index in [4.69, 9.17) is 9.47 Å². The van der Waals surface area contributed by atoms with E-state index in [0.717, 1.165) is 58.5 Å². The van der Waals surface area contributed by atoms with Crippen molar-refractivity contribution in [3.8, 4) is 0 Å². The van der Waals surface area contributed by atoms with Gasteiger partial charge in [-0.1, -0.05) is 27.7 Å².